The van der Waals surface area contributed by atoms with E-state index in [0.29, 0.717) is 6.04 Å². The van der Waals surface area contributed by atoms with Crippen molar-refractivity contribution in [2.45, 2.75) is 30.7 Å². The molecule has 6 nitrogen and oxygen atoms in total. The van der Waals surface area contributed by atoms with Gasteiger partial charge in [-0.05, 0) is 37.1 Å². The van der Waals surface area contributed by atoms with Gasteiger partial charge in [-0.1, -0.05) is 11.2 Å². The predicted octanol–water partition coefficient (Wildman–Crippen LogP) is 3.79. The molecule has 1 unspecified atom stereocenters. The topological polar surface area (TPSA) is 58.3 Å². The van der Waals surface area contributed by atoms with E-state index in [1.165, 1.54) is 21.7 Å². The fourth-order valence-corrected chi connectivity index (χ4v) is 5.09. The second-order valence-electron chi connectivity index (χ2n) is 7.44. The summed E-state index contributed by atoms with van der Waals surface area (Å²) in [6, 6.07) is 9.17. The lowest BCUT2D eigenvalue weighted by molar-refractivity contribution is 0.216. The summed E-state index contributed by atoms with van der Waals surface area (Å²) in [5.41, 5.74) is 5.62. The molecule has 0 bridgehead atoms. The van der Waals surface area contributed by atoms with E-state index in [9.17, 15) is 0 Å². The average Bonchev–Trinajstić information content (AvgIpc) is 3.25. The minimum absolute atomic E-state index is 0.365. The van der Waals surface area contributed by atoms with Crippen molar-refractivity contribution in [2.75, 3.05) is 30.9 Å². The minimum Gasteiger partial charge on any atom is -0.364 e. The van der Waals surface area contributed by atoms with E-state index in [4.69, 9.17) is 4.52 Å². The summed E-state index contributed by atoms with van der Waals surface area (Å²) in [4.78, 5) is 14.6. The Kier molecular flexibility index (Phi) is 4.56. The molecule has 0 saturated heterocycles. The number of nitrogens with zero attached hydrogens (tertiary/aromatic N) is 5. The second-order valence-corrected chi connectivity index (χ2v) is 8.42. The van der Waals surface area contributed by atoms with Crippen molar-refractivity contribution in [1.29, 1.82) is 0 Å². The van der Waals surface area contributed by atoms with Crippen LogP contribution in [0.5, 0.6) is 0 Å². The second kappa shape index (κ2) is 7.22. The minimum atomic E-state index is 0.365. The Labute approximate surface area is 169 Å². The maximum atomic E-state index is 5.68. The number of aromatic nitrogens is 3. The van der Waals surface area contributed by atoms with Crippen LogP contribution in [0, 0.1) is 0 Å². The van der Waals surface area contributed by atoms with Crippen molar-refractivity contribution in [3.63, 3.8) is 0 Å². The molecule has 2 aliphatic rings. The Morgan fingerprint density at radius 3 is 2.93 bits per heavy atom. The summed E-state index contributed by atoms with van der Waals surface area (Å²) in [7, 11) is 2.17. The molecule has 3 aromatic rings. The fourth-order valence-electron chi connectivity index (χ4n) is 4.09. The van der Waals surface area contributed by atoms with Gasteiger partial charge in [-0.2, -0.15) is 0 Å². The highest BCUT2D eigenvalue weighted by atomic mass is 32.2. The van der Waals surface area contributed by atoms with Gasteiger partial charge in [0.25, 0.3) is 0 Å². The summed E-state index contributed by atoms with van der Waals surface area (Å²) in [5.74, 6) is 2.03. The van der Waals surface area contributed by atoms with Crippen LogP contribution in [-0.4, -0.2) is 46.0 Å². The Morgan fingerprint density at radius 1 is 1.18 bits per heavy atom. The van der Waals surface area contributed by atoms with Crippen molar-refractivity contribution < 1.29 is 4.52 Å². The zero-order valence-electron chi connectivity index (χ0n) is 16.1. The Bertz CT molecular complexity index is 990. The number of rotatable bonds is 3. The molecule has 2 aliphatic heterocycles. The first-order valence-corrected chi connectivity index (χ1v) is 10.6. The molecule has 0 fully saturated rings. The van der Waals surface area contributed by atoms with Gasteiger partial charge in [-0.3, -0.25) is 4.90 Å². The number of hydrogen-bond donors (Lipinski definition) is 0. The molecule has 7 heteroatoms. The first-order chi connectivity index (χ1) is 13.7. The van der Waals surface area contributed by atoms with Crippen LogP contribution in [0.15, 0.2) is 46.2 Å². The van der Waals surface area contributed by atoms with Gasteiger partial charge in [0.2, 0.25) is 0 Å². The van der Waals surface area contributed by atoms with E-state index in [0.717, 1.165) is 49.0 Å². The van der Waals surface area contributed by atoms with Gasteiger partial charge < -0.3 is 9.42 Å². The molecule has 2 aromatic heterocycles. The maximum Gasteiger partial charge on any atom is 0.141 e. The quantitative estimate of drug-likeness (QED) is 0.671. The van der Waals surface area contributed by atoms with Gasteiger partial charge in [0.1, 0.15) is 17.8 Å². The molecule has 0 aliphatic carbocycles. The first kappa shape index (κ1) is 17.7. The van der Waals surface area contributed by atoms with E-state index in [-0.39, 0.29) is 0 Å². The standard InChI is InChI=1S/C21H23N5OS/c1-14(15-3-4-20-18(11-15)25(2)13-28-20)26-9-6-16-19(7-10-26)27-24-21(16)17-5-8-22-12-23-17/h3-5,8,11-12,14H,6-7,9-10,13H2,1-2H3. The van der Waals surface area contributed by atoms with Gasteiger partial charge in [-0.15, -0.1) is 11.8 Å². The van der Waals surface area contributed by atoms with E-state index < -0.39 is 0 Å². The van der Waals surface area contributed by atoms with Crippen molar-refractivity contribution in [1.82, 2.24) is 20.0 Å². The van der Waals surface area contributed by atoms with Crippen LogP contribution in [0.3, 0.4) is 0 Å². The fraction of sp³-hybridized carbons (Fsp3) is 0.381. The smallest absolute Gasteiger partial charge is 0.141 e. The predicted molar refractivity (Wildman–Crippen MR) is 110 cm³/mol. The third kappa shape index (κ3) is 3.08. The molecule has 1 atom stereocenters. The van der Waals surface area contributed by atoms with Gasteiger partial charge in [-0.25, -0.2) is 9.97 Å². The molecular formula is C21H23N5OS. The van der Waals surface area contributed by atoms with Crippen molar-refractivity contribution >= 4 is 17.4 Å². The van der Waals surface area contributed by atoms with Gasteiger partial charge in [0.05, 0.1) is 17.3 Å². The number of hydrogen-bond acceptors (Lipinski definition) is 7. The Morgan fingerprint density at radius 2 is 2.07 bits per heavy atom. The lowest BCUT2D eigenvalue weighted by atomic mass is 10.0. The zero-order chi connectivity index (χ0) is 19.1. The summed E-state index contributed by atoms with van der Waals surface area (Å²) in [5, 5.41) is 4.29. The highest BCUT2D eigenvalue weighted by Crippen LogP contribution is 2.39. The molecule has 0 saturated carbocycles. The van der Waals surface area contributed by atoms with Crippen molar-refractivity contribution in [3.8, 4) is 11.4 Å². The molecule has 0 amide bonds. The van der Waals surface area contributed by atoms with E-state index in [2.05, 4.69) is 57.1 Å². The Balaban J connectivity index is 1.36. The van der Waals surface area contributed by atoms with Crippen LogP contribution in [0.25, 0.3) is 11.4 Å². The van der Waals surface area contributed by atoms with Crippen LogP contribution < -0.4 is 4.90 Å². The third-order valence-electron chi connectivity index (χ3n) is 5.81. The summed E-state index contributed by atoms with van der Waals surface area (Å²) >= 11 is 1.91. The van der Waals surface area contributed by atoms with Crippen molar-refractivity contribution in [2.24, 2.45) is 0 Å². The average molecular weight is 394 g/mol. The molecule has 5 rings (SSSR count). The lowest BCUT2D eigenvalue weighted by Gasteiger charge is -2.28. The summed E-state index contributed by atoms with van der Waals surface area (Å²) in [6.45, 7) is 4.25. The van der Waals surface area contributed by atoms with Gasteiger partial charge >= 0.3 is 0 Å². The van der Waals surface area contributed by atoms with Crippen molar-refractivity contribution in [3.05, 3.63) is 53.7 Å². The Hall–Kier alpha value is -2.38. The third-order valence-corrected chi connectivity index (χ3v) is 6.98. The van der Waals surface area contributed by atoms with E-state index in [1.54, 1.807) is 12.5 Å². The van der Waals surface area contributed by atoms with E-state index in [1.807, 2.05) is 17.8 Å². The molecule has 0 spiro atoms. The van der Waals surface area contributed by atoms with Gasteiger partial charge in [0, 0.05) is 49.3 Å². The number of anilines is 1. The largest absolute Gasteiger partial charge is 0.364 e. The molecular weight excluding hydrogens is 370 g/mol. The molecule has 144 valence electrons. The SMILES string of the molecule is CC(c1ccc2c(c1)N(C)CS2)N1CCc2onc(-c3ccncn3)c2CC1. The number of thioether (sulfide) groups is 1. The van der Waals surface area contributed by atoms with E-state index >= 15 is 0 Å². The van der Waals surface area contributed by atoms with Crippen LogP contribution in [-0.2, 0) is 12.8 Å². The molecule has 4 heterocycles. The monoisotopic (exact) mass is 393 g/mol. The molecule has 0 radical (unpaired) electrons. The molecule has 1 aromatic carbocycles. The van der Waals surface area contributed by atoms with Crippen LogP contribution in [0.2, 0.25) is 0 Å². The summed E-state index contributed by atoms with van der Waals surface area (Å²) in [6.07, 6.45) is 5.10. The number of benzene rings is 1. The zero-order valence-corrected chi connectivity index (χ0v) is 16.9. The normalized spacial score (nSPS) is 17.9. The highest BCUT2D eigenvalue weighted by Gasteiger charge is 2.26. The number of fused-ring (bicyclic) bond motifs is 2. The van der Waals surface area contributed by atoms with Crippen LogP contribution in [0.4, 0.5) is 5.69 Å². The maximum absolute atomic E-state index is 5.68. The highest BCUT2D eigenvalue weighted by molar-refractivity contribution is 7.99. The van der Waals surface area contributed by atoms with Crippen LogP contribution in [0.1, 0.15) is 29.9 Å². The summed E-state index contributed by atoms with van der Waals surface area (Å²) < 4.78 is 5.68. The lowest BCUT2D eigenvalue weighted by Crippen LogP contribution is -2.29. The molecule has 28 heavy (non-hydrogen) atoms. The molecule has 0 N–H and O–H groups in total. The van der Waals surface area contributed by atoms with Crippen LogP contribution >= 0.6 is 11.8 Å². The first-order valence-electron chi connectivity index (χ1n) is 9.66. The van der Waals surface area contributed by atoms with Gasteiger partial charge in [0.15, 0.2) is 0 Å².